The first-order chi connectivity index (χ1) is 8.25. The van der Waals surface area contributed by atoms with Gasteiger partial charge in [-0.2, -0.15) is 0 Å². The summed E-state index contributed by atoms with van der Waals surface area (Å²) in [6, 6.07) is 7.69. The van der Waals surface area contributed by atoms with Gasteiger partial charge in [0.2, 0.25) is 5.91 Å². The number of nitrogen functional groups attached to an aromatic ring is 1. The van der Waals surface area contributed by atoms with Crippen LogP contribution in [0.15, 0.2) is 24.3 Å². The summed E-state index contributed by atoms with van der Waals surface area (Å²) in [6.07, 6.45) is 3.82. The number of ether oxygens (including phenoxy) is 1. The van der Waals surface area contributed by atoms with Crippen molar-refractivity contribution in [2.24, 2.45) is 0 Å². The van der Waals surface area contributed by atoms with Gasteiger partial charge in [-0.15, -0.1) is 0 Å². The predicted molar refractivity (Wildman–Crippen MR) is 66.7 cm³/mol. The Balaban J connectivity index is 1.68. The third-order valence-corrected chi connectivity index (χ3v) is 2.98. The maximum atomic E-state index is 11.5. The molecule has 1 aliphatic rings. The molecular weight excluding hydrogens is 216 g/mol. The summed E-state index contributed by atoms with van der Waals surface area (Å²) in [4.78, 5) is 11.5. The Labute approximate surface area is 101 Å². The molecule has 3 N–H and O–H groups in total. The van der Waals surface area contributed by atoms with Gasteiger partial charge in [0.25, 0.3) is 0 Å². The smallest absolute Gasteiger partial charge is 0.223 e. The van der Waals surface area contributed by atoms with E-state index in [0.717, 1.165) is 12.8 Å². The van der Waals surface area contributed by atoms with E-state index in [9.17, 15) is 4.79 Å². The van der Waals surface area contributed by atoms with Gasteiger partial charge in [-0.1, -0.05) is 12.1 Å². The van der Waals surface area contributed by atoms with E-state index in [-0.39, 0.29) is 5.91 Å². The summed E-state index contributed by atoms with van der Waals surface area (Å²) < 4.78 is 5.45. The standard InChI is InChI=1S/C13H18N2O2/c14-11-6-1-2-7-12(11)17-9-8-13(16)15-10-4-3-5-10/h1-2,6-7,10H,3-5,8-9,14H2,(H,15,16). The van der Waals surface area contributed by atoms with Gasteiger partial charge in [-0.3, -0.25) is 4.79 Å². The maximum absolute atomic E-state index is 11.5. The van der Waals surface area contributed by atoms with Crippen LogP contribution in [0.3, 0.4) is 0 Å². The topological polar surface area (TPSA) is 64.3 Å². The van der Waals surface area contributed by atoms with Gasteiger partial charge >= 0.3 is 0 Å². The fourth-order valence-corrected chi connectivity index (χ4v) is 1.72. The Hall–Kier alpha value is -1.71. The lowest BCUT2D eigenvalue weighted by molar-refractivity contribution is -0.122. The highest BCUT2D eigenvalue weighted by molar-refractivity contribution is 5.76. The zero-order chi connectivity index (χ0) is 12.1. The van der Waals surface area contributed by atoms with E-state index in [4.69, 9.17) is 10.5 Å². The number of rotatable bonds is 5. The number of nitrogens with one attached hydrogen (secondary N) is 1. The molecule has 92 valence electrons. The first-order valence-corrected chi connectivity index (χ1v) is 6.02. The molecule has 0 atom stereocenters. The van der Waals surface area contributed by atoms with Crippen LogP contribution in [0.5, 0.6) is 5.75 Å². The summed E-state index contributed by atoms with van der Waals surface area (Å²) in [5.74, 6) is 0.702. The van der Waals surface area contributed by atoms with Crippen LogP contribution >= 0.6 is 0 Å². The molecule has 1 aromatic carbocycles. The first-order valence-electron chi connectivity index (χ1n) is 6.02. The van der Waals surface area contributed by atoms with Crippen molar-refractivity contribution in [2.75, 3.05) is 12.3 Å². The largest absolute Gasteiger partial charge is 0.491 e. The van der Waals surface area contributed by atoms with Crippen LogP contribution in [0.4, 0.5) is 5.69 Å². The first kappa shape index (κ1) is 11.8. The number of benzene rings is 1. The minimum absolute atomic E-state index is 0.0594. The Kier molecular flexibility index (Phi) is 3.85. The third kappa shape index (κ3) is 3.37. The molecular formula is C13H18N2O2. The monoisotopic (exact) mass is 234 g/mol. The molecule has 4 heteroatoms. The van der Waals surface area contributed by atoms with Crippen molar-refractivity contribution in [1.82, 2.24) is 5.32 Å². The van der Waals surface area contributed by atoms with Gasteiger partial charge in [0.05, 0.1) is 18.7 Å². The second-order valence-corrected chi connectivity index (χ2v) is 4.33. The Morgan fingerprint density at radius 1 is 1.41 bits per heavy atom. The molecule has 0 spiro atoms. The number of para-hydroxylation sites is 2. The summed E-state index contributed by atoms with van der Waals surface area (Å²) in [5, 5.41) is 2.97. The van der Waals surface area contributed by atoms with Gasteiger partial charge < -0.3 is 15.8 Å². The third-order valence-electron chi connectivity index (χ3n) is 2.98. The average Bonchev–Trinajstić information content (AvgIpc) is 2.26. The minimum Gasteiger partial charge on any atom is -0.491 e. The number of carbonyl (C=O) groups excluding carboxylic acids is 1. The van der Waals surface area contributed by atoms with Crippen LogP contribution in [0.1, 0.15) is 25.7 Å². The molecule has 0 saturated heterocycles. The van der Waals surface area contributed by atoms with Crippen molar-refractivity contribution in [2.45, 2.75) is 31.7 Å². The molecule has 17 heavy (non-hydrogen) atoms. The highest BCUT2D eigenvalue weighted by atomic mass is 16.5. The number of anilines is 1. The SMILES string of the molecule is Nc1ccccc1OCCC(=O)NC1CCC1. The molecule has 4 nitrogen and oxygen atoms in total. The molecule has 1 aromatic rings. The van der Waals surface area contributed by atoms with Crippen molar-refractivity contribution in [3.05, 3.63) is 24.3 Å². The zero-order valence-corrected chi connectivity index (χ0v) is 9.82. The molecule has 0 aromatic heterocycles. The van der Waals surface area contributed by atoms with Crippen LogP contribution in [0.25, 0.3) is 0 Å². The summed E-state index contributed by atoms with van der Waals surface area (Å²) in [5.41, 5.74) is 6.33. The molecule has 0 unspecified atom stereocenters. The van der Waals surface area contributed by atoms with E-state index in [1.807, 2.05) is 12.1 Å². The van der Waals surface area contributed by atoms with Crippen molar-refractivity contribution in [3.63, 3.8) is 0 Å². The van der Waals surface area contributed by atoms with E-state index in [1.165, 1.54) is 6.42 Å². The van der Waals surface area contributed by atoms with E-state index in [0.29, 0.717) is 30.5 Å². The number of nitrogens with two attached hydrogens (primary N) is 1. The molecule has 1 aliphatic carbocycles. The lowest BCUT2D eigenvalue weighted by atomic mass is 9.93. The van der Waals surface area contributed by atoms with E-state index in [1.54, 1.807) is 12.1 Å². The molecule has 1 fully saturated rings. The Bertz CT molecular complexity index is 389. The highest BCUT2D eigenvalue weighted by Crippen LogP contribution is 2.20. The fourth-order valence-electron chi connectivity index (χ4n) is 1.72. The van der Waals surface area contributed by atoms with E-state index in [2.05, 4.69) is 5.32 Å². The number of hydrogen-bond acceptors (Lipinski definition) is 3. The van der Waals surface area contributed by atoms with Crippen molar-refractivity contribution < 1.29 is 9.53 Å². The zero-order valence-electron chi connectivity index (χ0n) is 9.82. The maximum Gasteiger partial charge on any atom is 0.223 e. The van der Waals surface area contributed by atoms with E-state index >= 15 is 0 Å². The van der Waals surface area contributed by atoms with Gasteiger partial charge in [-0.25, -0.2) is 0 Å². The van der Waals surface area contributed by atoms with Crippen LogP contribution in [-0.4, -0.2) is 18.6 Å². The van der Waals surface area contributed by atoms with Crippen molar-refractivity contribution >= 4 is 11.6 Å². The van der Waals surface area contributed by atoms with Crippen LogP contribution < -0.4 is 15.8 Å². The van der Waals surface area contributed by atoms with Crippen LogP contribution in [0, 0.1) is 0 Å². The van der Waals surface area contributed by atoms with Crippen LogP contribution in [0.2, 0.25) is 0 Å². The van der Waals surface area contributed by atoms with E-state index < -0.39 is 0 Å². The molecule has 0 aliphatic heterocycles. The Morgan fingerprint density at radius 3 is 2.82 bits per heavy atom. The lowest BCUT2D eigenvalue weighted by Gasteiger charge is -2.26. The van der Waals surface area contributed by atoms with Gasteiger partial charge in [-0.05, 0) is 31.4 Å². The summed E-state index contributed by atoms with van der Waals surface area (Å²) in [7, 11) is 0. The highest BCUT2D eigenvalue weighted by Gasteiger charge is 2.18. The van der Waals surface area contributed by atoms with Crippen LogP contribution in [-0.2, 0) is 4.79 Å². The molecule has 0 heterocycles. The Morgan fingerprint density at radius 2 is 2.18 bits per heavy atom. The van der Waals surface area contributed by atoms with Crippen molar-refractivity contribution in [1.29, 1.82) is 0 Å². The van der Waals surface area contributed by atoms with Gasteiger partial charge in [0.15, 0.2) is 0 Å². The number of amides is 1. The summed E-state index contributed by atoms with van der Waals surface area (Å²) >= 11 is 0. The minimum atomic E-state index is 0.0594. The molecule has 2 rings (SSSR count). The summed E-state index contributed by atoms with van der Waals surface area (Å²) in [6.45, 7) is 0.368. The van der Waals surface area contributed by atoms with Gasteiger partial charge in [0.1, 0.15) is 5.75 Å². The van der Waals surface area contributed by atoms with Gasteiger partial charge in [0, 0.05) is 6.04 Å². The van der Waals surface area contributed by atoms with Crippen molar-refractivity contribution in [3.8, 4) is 5.75 Å². The number of hydrogen-bond donors (Lipinski definition) is 2. The number of carbonyl (C=O) groups is 1. The second-order valence-electron chi connectivity index (χ2n) is 4.33. The molecule has 1 saturated carbocycles. The quantitative estimate of drug-likeness (QED) is 0.762. The second kappa shape index (κ2) is 5.57. The predicted octanol–water partition coefficient (Wildman–Crippen LogP) is 1.71. The normalized spacial score (nSPS) is 15.1. The lowest BCUT2D eigenvalue weighted by Crippen LogP contribution is -2.39. The fraction of sp³-hybridized carbons (Fsp3) is 0.462. The average molecular weight is 234 g/mol. The molecule has 0 bridgehead atoms. The molecule has 0 radical (unpaired) electrons. The molecule has 1 amide bonds.